The molecule has 0 aliphatic rings. The number of aryl methyl sites for hydroxylation is 2. The van der Waals surface area contributed by atoms with Gasteiger partial charge in [-0.25, -0.2) is 0 Å². The molecule has 0 aliphatic heterocycles. The molecule has 0 radical (unpaired) electrons. The molecule has 1 aromatic rings. The largest absolute Gasteiger partial charge is 0.312 e. The third-order valence-electron chi connectivity index (χ3n) is 4.33. The Balaban J connectivity index is 2.63. The summed E-state index contributed by atoms with van der Waals surface area (Å²) in [6.07, 6.45) is 6.68. The van der Waals surface area contributed by atoms with E-state index in [1.165, 1.54) is 25.0 Å². The van der Waals surface area contributed by atoms with Crippen LogP contribution in [0.3, 0.4) is 0 Å². The van der Waals surface area contributed by atoms with Crippen LogP contribution < -0.4 is 5.32 Å². The summed E-state index contributed by atoms with van der Waals surface area (Å²) in [5, 5.41) is 7.94. The smallest absolute Gasteiger partial charge is 0.0492 e. The maximum absolute atomic E-state index is 4.26. The average Bonchev–Trinajstić information content (AvgIpc) is 2.75. The quantitative estimate of drug-likeness (QED) is 0.817. The lowest BCUT2D eigenvalue weighted by Crippen LogP contribution is -2.43. The molecule has 1 N–H and O–H groups in total. The van der Waals surface area contributed by atoms with Gasteiger partial charge >= 0.3 is 0 Å². The Hall–Kier alpha value is -0.830. The maximum Gasteiger partial charge on any atom is 0.0492 e. The second-order valence-electron chi connectivity index (χ2n) is 6.76. The minimum absolute atomic E-state index is 0.197. The van der Waals surface area contributed by atoms with Gasteiger partial charge in [-0.1, -0.05) is 13.8 Å². The van der Waals surface area contributed by atoms with Crippen molar-refractivity contribution in [1.29, 1.82) is 0 Å². The number of aromatic nitrogens is 2. The molecule has 0 atom stereocenters. The lowest BCUT2D eigenvalue weighted by molar-refractivity contribution is 0.204. The number of rotatable bonds is 7. The molecule has 0 unspecified atom stereocenters. The molecule has 1 aromatic heterocycles. The maximum atomic E-state index is 4.26. The van der Waals surface area contributed by atoms with Crippen molar-refractivity contribution in [2.75, 3.05) is 6.54 Å². The van der Waals surface area contributed by atoms with E-state index in [0.29, 0.717) is 5.41 Å². The van der Waals surface area contributed by atoms with Crippen LogP contribution in [0, 0.1) is 5.41 Å². The first-order chi connectivity index (χ1) is 8.82. The van der Waals surface area contributed by atoms with Gasteiger partial charge < -0.3 is 5.32 Å². The van der Waals surface area contributed by atoms with Crippen LogP contribution in [-0.4, -0.2) is 21.9 Å². The van der Waals surface area contributed by atoms with Gasteiger partial charge in [0.2, 0.25) is 0 Å². The molecule has 0 amide bonds. The van der Waals surface area contributed by atoms with Gasteiger partial charge in [0.1, 0.15) is 0 Å². The summed E-state index contributed by atoms with van der Waals surface area (Å²) in [4.78, 5) is 0. The van der Waals surface area contributed by atoms with Crippen LogP contribution in [0.2, 0.25) is 0 Å². The van der Waals surface area contributed by atoms with Crippen LogP contribution in [0.25, 0.3) is 0 Å². The van der Waals surface area contributed by atoms with Crippen LogP contribution >= 0.6 is 0 Å². The van der Waals surface area contributed by atoms with Gasteiger partial charge in [0.25, 0.3) is 0 Å². The first-order valence-corrected chi connectivity index (χ1v) is 7.54. The number of hydrogen-bond acceptors (Lipinski definition) is 2. The molecule has 0 saturated carbocycles. The highest BCUT2D eigenvalue weighted by atomic mass is 15.2. The molecule has 110 valence electrons. The summed E-state index contributed by atoms with van der Waals surface area (Å²) in [5.41, 5.74) is 1.93. The summed E-state index contributed by atoms with van der Waals surface area (Å²) < 4.78 is 1.99. The molecule has 3 nitrogen and oxygen atoms in total. The van der Waals surface area contributed by atoms with E-state index < -0.39 is 0 Å². The Morgan fingerprint density at radius 2 is 1.84 bits per heavy atom. The molecule has 3 heteroatoms. The summed E-state index contributed by atoms with van der Waals surface area (Å²) in [6.45, 7) is 12.5. The molecule has 0 bridgehead atoms. The van der Waals surface area contributed by atoms with E-state index >= 15 is 0 Å². The Kier molecular flexibility index (Phi) is 5.60. The van der Waals surface area contributed by atoms with E-state index in [4.69, 9.17) is 0 Å². The topological polar surface area (TPSA) is 29.9 Å². The fourth-order valence-electron chi connectivity index (χ4n) is 2.43. The SMILES string of the molecule is CCC(CC)(CCc1ccnn1C)CNC(C)(C)C. The van der Waals surface area contributed by atoms with E-state index in [0.717, 1.165) is 13.0 Å². The fourth-order valence-corrected chi connectivity index (χ4v) is 2.43. The predicted octanol–water partition coefficient (Wildman–Crippen LogP) is 3.55. The molecular formula is C16H31N3. The van der Waals surface area contributed by atoms with Crippen LogP contribution in [0.5, 0.6) is 0 Å². The minimum Gasteiger partial charge on any atom is -0.312 e. The molecule has 1 heterocycles. The van der Waals surface area contributed by atoms with Crippen LogP contribution in [0.1, 0.15) is 59.6 Å². The summed E-state index contributed by atoms with van der Waals surface area (Å²) in [5.74, 6) is 0. The van der Waals surface area contributed by atoms with E-state index in [1.54, 1.807) is 0 Å². The second-order valence-corrected chi connectivity index (χ2v) is 6.76. The van der Waals surface area contributed by atoms with E-state index in [9.17, 15) is 0 Å². The van der Waals surface area contributed by atoms with Crippen molar-refractivity contribution in [1.82, 2.24) is 15.1 Å². The zero-order chi connectivity index (χ0) is 14.5. The summed E-state index contributed by atoms with van der Waals surface area (Å²) in [7, 11) is 2.03. The van der Waals surface area contributed by atoms with Crippen molar-refractivity contribution in [3.63, 3.8) is 0 Å². The Bertz CT molecular complexity index is 370. The van der Waals surface area contributed by atoms with E-state index in [1.807, 2.05) is 17.9 Å². The first-order valence-electron chi connectivity index (χ1n) is 7.54. The van der Waals surface area contributed by atoms with Gasteiger partial charge in [0.05, 0.1) is 0 Å². The zero-order valence-electron chi connectivity index (χ0n) is 13.6. The van der Waals surface area contributed by atoms with Gasteiger partial charge in [0.15, 0.2) is 0 Å². The van der Waals surface area contributed by atoms with Crippen molar-refractivity contribution in [3.8, 4) is 0 Å². The van der Waals surface area contributed by atoms with Gasteiger partial charge in [-0.05, 0) is 57.9 Å². The molecule has 1 rings (SSSR count). The Morgan fingerprint density at radius 3 is 2.26 bits per heavy atom. The highest BCUT2D eigenvalue weighted by Crippen LogP contribution is 2.32. The molecular weight excluding hydrogens is 234 g/mol. The number of hydrogen-bond donors (Lipinski definition) is 1. The van der Waals surface area contributed by atoms with Crippen molar-refractivity contribution in [2.24, 2.45) is 12.5 Å². The molecule has 0 fully saturated rings. The van der Waals surface area contributed by atoms with Crippen molar-refractivity contribution in [3.05, 3.63) is 18.0 Å². The molecule has 0 aliphatic carbocycles. The third kappa shape index (κ3) is 4.98. The molecule has 0 aromatic carbocycles. The Labute approximate surface area is 118 Å². The van der Waals surface area contributed by atoms with Gasteiger partial charge in [0, 0.05) is 31.0 Å². The van der Waals surface area contributed by atoms with Crippen LogP contribution in [0.4, 0.5) is 0 Å². The summed E-state index contributed by atoms with van der Waals surface area (Å²) >= 11 is 0. The second kappa shape index (κ2) is 6.56. The van der Waals surface area contributed by atoms with Crippen LogP contribution in [-0.2, 0) is 13.5 Å². The van der Waals surface area contributed by atoms with E-state index in [2.05, 4.69) is 51.1 Å². The third-order valence-corrected chi connectivity index (χ3v) is 4.33. The highest BCUT2D eigenvalue weighted by molar-refractivity contribution is 5.01. The summed E-state index contributed by atoms with van der Waals surface area (Å²) in [6, 6.07) is 2.13. The number of nitrogens with one attached hydrogen (secondary N) is 1. The van der Waals surface area contributed by atoms with E-state index in [-0.39, 0.29) is 5.54 Å². The predicted molar refractivity (Wildman–Crippen MR) is 82.3 cm³/mol. The minimum atomic E-state index is 0.197. The van der Waals surface area contributed by atoms with Gasteiger partial charge in [-0.2, -0.15) is 5.10 Å². The lowest BCUT2D eigenvalue weighted by Gasteiger charge is -2.35. The monoisotopic (exact) mass is 265 g/mol. The highest BCUT2D eigenvalue weighted by Gasteiger charge is 2.27. The molecule has 0 saturated heterocycles. The molecule has 0 spiro atoms. The van der Waals surface area contributed by atoms with Gasteiger partial charge in [-0.3, -0.25) is 4.68 Å². The van der Waals surface area contributed by atoms with Crippen LogP contribution in [0.15, 0.2) is 12.3 Å². The Morgan fingerprint density at radius 1 is 1.21 bits per heavy atom. The number of nitrogens with zero attached hydrogens (tertiary/aromatic N) is 2. The van der Waals surface area contributed by atoms with Crippen molar-refractivity contribution in [2.45, 2.75) is 65.8 Å². The van der Waals surface area contributed by atoms with Gasteiger partial charge in [-0.15, -0.1) is 0 Å². The normalized spacial score (nSPS) is 12.9. The fraction of sp³-hybridized carbons (Fsp3) is 0.812. The molecule has 19 heavy (non-hydrogen) atoms. The standard InChI is InChI=1S/C16H31N3/c1-7-16(8-2,13-17-15(3,4)5)11-9-14-10-12-18-19(14)6/h10,12,17H,7-9,11,13H2,1-6H3. The first kappa shape index (κ1) is 16.2. The average molecular weight is 265 g/mol. The van der Waals surface area contributed by atoms with Crippen molar-refractivity contribution >= 4 is 0 Å². The lowest BCUT2D eigenvalue weighted by atomic mass is 9.77. The van der Waals surface area contributed by atoms with Crippen molar-refractivity contribution < 1.29 is 0 Å². The zero-order valence-corrected chi connectivity index (χ0v) is 13.6.